The van der Waals surface area contributed by atoms with Gasteiger partial charge in [0.25, 0.3) is 5.91 Å². The van der Waals surface area contributed by atoms with E-state index in [2.05, 4.69) is 21.2 Å². The summed E-state index contributed by atoms with van der Waals surface area (Å²) >= 11 is 3.27. The number of nitrogens with one attached hydrogen (secondary N) is 1. The van der Waals surface area contributed by atoms with Gasteiger partial charge >= 0.3 is 5.97 Å². The Balaban J connectivity index is 2.17. The van der Waals surface area contributed by atoms with E-state index in [1.165, 1.54) is 36.4 Å². The molecule has 2 aromatic rings. The van der Waals surface area contributed by atoms with Gasteiger partial charge in [0.05, 0.1) is 12.2 Å². The first kappa shape index (κ1) is 19.2. The van der Waals surface area contributed by atoms with Crippen molar-refractivity contribution in [2.75, 3.05) is 11.9 Å². The molecule has 0 fully saturated rings. The van der Waals surface area contributed by atoms with Crippen LogP contribution in [0.2, 0.25) is 0 Å². The molecule has 0 aliphatic heterocycles. The van der Waals surface area contributed by atoms with Gasteiger partial charge in [-0.15, -0.1) is 0 Å². The van der Waals surface area contributed by atoms with Crippen molar-refractivity contribution >= 4 is 39.6 Å². The lowest BCUT2D eigenvalue weighted by Crippen LogP contribution is -2.13. The average molecular weight is 415 g/mol. The van der Waals surface area contributed by atoms with Gasteiger partial charge in [-0.3, -0.25) is 4.79 Å². The van der Waals surface area contributed by atoms with Gasteiger partial charge < -0.3 is 15.2 Å². The van der Waals surface area contributed by atoms with Crippen molar-refractivity contribution in [3.63, 3.8) is 0 Å². The van der Waals surface area contributed by atoms with Crippen molar-refractivity contribution in [1.29, 1.82) is 5.26 Å². The minimum Gasteiger partial charge on any atom is -0.507 e. The number of ether oxygens (including phenoxy) is 1. The number of carbonyl (C=O) groups is 2. The lowest BCUT2D eigenvalue weighted by Gasteiger charge is -2.06. The first-order valence-electron chi connectivity index (χ1n) is 7.63. The normalized spacial score (nSPS) is 10.7. The molecule has 0 saturated heterocycles. The molecule has 132 valence electrons. The molecule has 7 heteroatoms. The van der Waals surface area contributed by atoms with Gasteiger partial charge in [0, 0.05) is 15.7 Å². The molecule has 0 aromatic heterocycles. The van der Waals surface area contributed by atoms with E-state index in [0.29, 0.717) is 21.3 Å². The number of nitrogens with zero attached hydrogens (tertiary/aromatic N) is 1. The second-order valence-corrected chi connectivity index (χ2v) is 6.04. The molecule has 2 N–H and O–H groups in total. The number of anilines is 1. The third-order valence-corrected chi connectivity index (χ3v) is 3.80. The second kappa shape index (κ2) is 8.83. The van der Waals surface area contributed by atoms with Gasteiger partial charge in [0.15, 0.2) is 0 Å². The Morgan fingerprint density at radius 2 is 1.96 bits per heavy atom. The molecule has 0 unspecified atom stereocenters. The van der Waals surface area contributed by atoms with Crippen molar-refractivity contribution in [2.24, 2.45) is 0 Å². The van der Waals surface area contributed by atoms with Crippen molar-refractivity contribution in [1.82, 2.24) is 0 Å². The zero-order valence-corrected chi connectivity index (χ0v) is 15.4. The number of nitriles is 1. The van der Waals surface area contributed by atoms with Gasteiger partial charge in [0.2, 0.25) is 0 Å². The van der Waals surface area contributed by atoms with E-state index < -0.39 is 11.9 Å². The third kappa shape index (κ3) is 4.94. The highest BCUT2D eigenvalue weighted by Gasteiger charge is 2.12. The molecule has 0 saturated carbocycles. The molecule has 0 aliphatic carbocycles. The van der Waals surface area contributed by atoms with Crippen molar-refractivity contribution < 1.29 is 19.4 Å². The largest absolute Gasteiger partial charge is 0.507 e. The van der Waals surface area contributed by atoms with Crippen LogP contribution in [0.3, 0.4) is 0 Å². The van der Waals surface area contributed by atoms with Crippen molar-refractivity contribution in [3.05, 3.63) is 63.6 Å². The summed E-state index contributed by atoms with van der Waals surface area (Å²) < 4.78 is 5.59. The molecule has 0 atom stereocenters. The Morgan fingerprint density at radius 1 is 1.27 bits per heavy atom. The fourth-order valence-corrected chi connectivity index (χ4v) is 2.43. The highest BCUT2D eigenvalue weighted by atomic mass is 79.9. The smallest absolute Gasteiger partial charge is 0.338 e. The van der Waals surface area contributed by atoms with Crippen LogP contribution in [0.1, 0.15) is 22.8 Å². The van der Waals surface area contributed by atoms with E-state index in [1.54, 1.807) is 19.1 Å². The Kier molecular flexibility index (Phi) is 6.53. The summed E-state index contributed by atoms with van der Waals surface area (Å²) in [4.78, 5) is 23.9. The fourth-order valence-electron chi connectivity index (χ4n) is 2.05. The molecule has 6 nitrogen and oxygen atoms in total. The van der Waals surface area contributed by atoms with Crippen LogP contribution in [-0.2, 0) is 9.53 Å². The van der Waals surface area contributed by atoms with Crippen LogP contribution in [0.25, 0.3) is 6.08 Å². The van der Waals surface area contributed by atoms with Crippen molar-refractivity contribution in [2.45, 2.75) is 6.92 Å². The van der Waals surface area contributed by atoms with E-state index in [0.717, 1.165) is 0 Å². The monoisotopic (exact) mass is 414 g/mol. The van der Waals surface area contributed by atoms with Gasteiger partial charge in [-0.2, -0.15) is 5.26 Å². The molecule has 0 heterocycles. The quantitative estimate of drug-likeness (QED) is 0.439. The fraction of sp³-hybridized carbons (Fsp3) is 0.105. The van der Waals surface area contributed by atoms with Gasteiger partial charge in [-0.05, 0) is 55.5 Å². The summed E-state index contributed by atoms with van der Waals surface area (Å²) in [5.41, 5.74) is 0.944. The minimum atomic E-state index is -0.629. The summed E-state index contributed by atoms with van der Waals surface area (Å²) in [6.45, 7) is 1.99. The molecule has 0 spiro atoms. The number of esters is 1. The zero-order chi connectivity index (χ0) is 19.1. The predicted molar refractivity (Wildman–Crippen MR) is 100 cm³/mol. The van der Waals surface area contributed by atoms with Crippen LogP contribution in [-0.4, -0.2) is 23.6 Å². The Bertz CT molecular complexity index is 899. The van der Waals surface area contributed by atoms with E-state index in [1.807, 2.05) is 6.07 Å². The number of halogens is 1. The summed E-state index contributed by atoms with van der Waals surface area (Å²) in [6, 6.07) is 12.6. The molecule has 0 aliphatic rings. The standard InChI is InChI=1S/C19H15BrN2O4/c1-2-26-19(25)12-3-6-16(7-4-12)22-18(24)14(11-21)9-13-10-15(20)5-8-17(13)23/h3-10,23H,2H2,1H3,(H,22,24)/b14-9+. The summed E-state index contributed by atoms with van der Waals surface area (Å²) in [5, 5.41) is 21.6. The lowest BCUT2D eigenvalue weighted by molar-refractivity contribution is -0.112. The van der Waals surface area contributed by atoms with Crippen LogP contribution in [0.15, 0.2) is 52.5 Å². The van der Waals surface area contributed by atoms with Crippen LogP contribution in [0.5, 0.6) is 5.75 Å². The Labute approximate surface area is 158 Å². The molecule has 0 radical (unpaired) electrons. The maximum absolute atomic E-state index is 12.3. The number of hydrogen-bond donors (Lipinski definition) is 2. The third-order valence-electron chi connectivity index (χ3n) is 3.31. The highest BCUT2D eigenvalue weighted by Crippen LogP contribution is 2.24. The number of phenolic OH excluding ortho intramolecular Hbond substituents is 1. The van der Waals surface area contributed by atoms with Crippen LogP contribution >= 0.6 is 15.9 Å². The molecule has 2 rings (SSSR count). The lowest BCUT2D eigenvalue weighted by atomic mass is 10.1. The van der Waals surface area contributed by atoms with E-state index >= 15 is 0 Å². The average Bonchev–Trinajstić information content (AvgIpc) is 2.63. The Hall–Kier alpha value is -3.11. The minimum absolute atomic E-state index is 0.0486. The number of aromatic hydroxyl groups is 1. The highest BCUT2D eigenvalue weighted by molar-refractivity contribution is 9.10. The number of benzene rings is 2. The number of phenols is 1. The number of rotatable bonds is 5. The predicted octanol–water partition coefficient (Wildman–Crippen LogP) is 3.88. The molecule has 2 aromatic carbocycles. The summed E-state index contributed by atoms with van der Waals surface area (Å²) in [5.74, 6) is -1.13. The number of amides is 1. The molecular weight excluding hydrogens is 400 g/mol. The first-order chi connectivity index (χ1) is 12.4. The van der Waals surface area contributed by atoms with Crippen LogP contribution < -0.4 is 5.32 Å². The SMILES string of the molecule is CCOC(=O)c1ccc(NC(=O)/C(C#N)=C/c2cc(Br)ccc2O)cc1. The molecule has 0 bridgehead atoms. The molecule has 26 heavy (non-hydrogen) atoms. The van der Waals surface area contributed by atoms with Crippen molar-refractivity contribution in [3.8, 4) is 11.8 Å². The Morgan fingerprint density at radius 3 is 2.58 bits per heavy atom. The summed E-state index contributed by atoms with van der Waals surface area (Å²) in [6.07, 6.45) is 1.29. The number of hydrogen-bond acceptors (Lipinski definition) is 5. The first-order valence-corrected chi connectivity index (χ1v) is 8.42. The van der Waals surface area contributed by atoms with Crippen LogP contribution in [0, 0.1) is 11.3 Å². The summed E-state index contributed by atoms with van der Waals surface area (Å²) in [7, 11) is 0. The zero-order valence-electron chi connectivity index (χ0n) is 13.8. The van der Waals surface area contributed by atoms with Gasteiger partial charge in [0.1, 0.15) is 17.4 Å². The van der Waals surface area contributed by atoms with Crippen LogP contribution in [0.4, 0.5) is 5.69 Å². The topological polar surface area (TPSA) is 99.4 Å². The second-order valence-electron chi connectivity index (χ2n) is 5.12. The molecule has 1 amide bonds. The van der Waals surface area contributed by atoms with Gasteiger partial charge in [-0.1, -0.05) is 15.9 Å². The molecular formula is C19H15BrN2O4. The maximum atomic E-state index is 12.3. The maximum Gasteiger partial charge on any atom is 0.338 e. The number of carbonyl (C=O) groups excluding carboxylic acids is 2. The van der Waals surface area contributed by atoms with E-state index in [4.69, 9.17) is 4.74 Å². The van der Waals surface area contributed by atoms with Gasteiger partial charge in [-0.25, -0.2) is 4.79 Å². The van der Waals surface area contributed by atoms with E-state index in [9.17, 15) is 20.0 Å². The van der Waals surface area contributed by atoms with E-state index in [-0.39, 0.29) is 17.9 Å².